The van der Waals surface area contributed by atoms with Gasteiger partial charge in [-0.15, -0.1) is 0 Å². The van der Waals surface area contributed by atoms with Crippen LogP contribution in [0.15, 0.2) is 12.2 Å². The highest BCUT2D eigenvalue weighted by atomic mass is 16.3. The molecule has 1 fully saturated rings. The number of aliphatic hydroxyl groups is 1. The summed E-state index contributed by atoms with van der Waals surface area (Å²) < 4.78 is 0. The van der Waals surface area contributed by atoms with Gasteiger partial charge in [0.15, 0.2) is 0 Å². The second-order valence-electron chi connectivity index (χ2n) is 3.58. The predicted molar refractivity (Wildman–Crippen MR) is 40.7 cm³/mol. The Hall–Kier alpha value is -0.300. The van der Waals surface area contributed by atoms with E-state index in [9.17, 15) is 5.11 Å². The molecule has 2 aliphatic rings. The SMILES string of the molecule is O[C@@H]1CC[C@]12C=CCCC2. The van der Waals surface area contributed by atoms with Gasteiger partial charge in [-0.1, -0.05) is 12.2 Å². The first-order chi connectivity index (χ1) is 4.83. The summed E-state index contributed by atoms with van der Waals surface area (Å²) in [6, 6.07) is 0. The topological polar surface area (TPSA) is 20.2 Å². The predicted octanol–water partition coefficient (Wildman–Crippen LogP) is 1.87. The van der Waals surface area contributed by atoms with Gasteiger partial charge in [0.25, 0.3) is 0 Å². The van der Waals surface area contributed by atoms with Crippen molar-refractivity contribution in [3.63, 3.8) is 0 Å². The molecule has 0 aromatic rings. The van der Waals surface area contributed by atoms with Crippen LogP contribution >= 0.6 is 0 Å². The molecule has 0 bridgehead atoms. The molecule has 1 saturated carbocycles. The summed E-state index contributed by atoms with van der Waals surface area (Å²) in [5.74, 6) is 0. The fourth-order valence-corrected chi connectivity index (χ4v) is 2.08. The zero-order valence-electron chi connectivity index (χ0n) is 6.21. The minimum atomic E-state index is -0.0240. The molecule has 10 heavy (non-hydrogen) atoms. The van der Waals surface area contributed by atoms with Crippen molar-refractivity contribution in [2.45, 2.75) is 38.2 Å². The van der Waals surface area contributed by atoms with Gasteiger partial charge in [0, 0.05) is 5.41 Å². The van der Waals surface area contributed by atoms with Gasteiger partial charge in [-0.2, -0.15) is 0 Å². The molecule has 2 aliphatic carbocycles. The molecular weight excluding hydrogens is 124 g/mol. The minimum absolute atomic E-state index is 0.0240. The fourth-order valence-electron chi connectivity index (χ4n) is 2.08. The molecule has 0 aromatic carbocycles. The van der Waals surface area contributed by atoms with Gasteiger partial charge in [-0.3, -0.25) is 0 Å². The first kappa shape index (κ1) is 6.41. The lowest BCUT2D eigenvalue weighted by atomic mass is 9.62. The van der Waals surface area contributed by atoms with Crippen molar-refractivity contribution in [2.75, 3.05) is 0 Å². The first-order valence-corrected chi connectivity index (χ1v) is 4.19. The van der Waals surface area contributed by atoms with Crippen LogP contribution in [0.3, 0.4) is 0 Å². The zero-order valence-corrected chi connectivity index (χ0v) is 6.21. The third-order valence-corrected chi connectivity index (χ3v) is 3.01. The van der Waals surface area contributed by atoms with Gasteiger partial charge in [0.2, 0.25) is 0 Å². The van der Waals surface area contributed by atoms with E-state index >= 15 is 0 Å². The lowest BCUT2D eigenvalue weighted by Gasteiger charge is -2.46. The molecule has 1 nitrogen and oxygen atoms in total. The van der Waals surface area contributed by atoms with Crippen LogP contribution in [0.5, 0.6) is 0 Å². The minimum Gasteiger partial charge on any atom is -0.392 e. The monoisotopic (exact) mass is 138 g/mol. The highest BCUT2D eigenvalue weighted by Gasteiger charge is 2.43. The van der Waals surface area contributed by atoms with Crippen molar-refractivity contribution in [1.82, 2.24) is 0 Å². The summed E-state index contributed by atoms with van der Waals surface area (Å²) in [7, 11) is 0. The molecule has 0 unspecified atom stereocenters. The molecule has 0 aliphatic heterocycles. The van der Waals surface area contributed by atoms with Crippen molar-refractivity contribution >= 4 is 0 Å². The molecular formula is C9H14O. The van der Waals surface area contributed by atoms with Gasteiger partial charge in [0.1, 0.15) is 0 Å². The van der Waals surface area contributed by atoms with E-state index in [0.717, 1.165) is 6.42 Å². The highest BCUT2D eigenvalue weighted by Crippen LogP contribution is 2.48. The Balaban J connectivity index is 2.13. The van der Waals surface area contributed by atoms with Crippen LogP contribution < -0.4 is 0 Å². The second-order valence-corrected chi connectivity index (χ2v) is 3.58. The van der Waals surface area contributed by atoms with Gasteiger partial charge >= 0.3 is 0 Å². The standard InChI is InChI=1S/C9H14O/c10-8-4-7-9(8)5-2-1-3-6-9/h2,5,8,10H,1,3-4,6-7H2/t8-,9-/m1/s1. The van der Waals surface area contributed by atoms with E-state index in [-0.39, 0.29) is 11.5 Å². The molecule has 2 atom stereocenters. The summed E-state index contributed by atoms with van der Waals surface area (Å²) in [4.78, 5) is 0. The Bertz CT molecular complexity index is 162. The molecule has 2 rings (SSSR count). The van der Waals surface area contributed by atoms with E-state index in [1.165, 1.54) is 25.7 Å². The Labute approximate surface area is 61.8 Å². The quantitative estimate of drug-likeness (QED) is 0.507. The van der Waals surface area contributed by atoms with Gasteiger partial charge < -0.3 is 5.11 Å². The maximum Gasteiger partial charge on any atom is 0.0631 e. The van der Waals surface area contributed by atoms with Gasteiger partial charge in [-0.25, -0.2) is 0 Å². The third kappa shape index (κ3) is 0.734. The van der Waals surface area contributed by atoms with Crippen LogP contribution in [-0.4, -0.2) is 11.2 Å². The van der Waals surface area contributed by atoms with Crippen molar-refractivity contribution < 1.29 is 5.11 Å². The molecule has 0 radical (unpaired) electrons. The maximum atomic E-state index is 9.47. The van der Waals surface area contributed by atoms with Crippen LogP contribution in [0.25, 0.3) is 0 Å². The largest absolute Gasteiger partial charge is 0.392 e. The number of rotatable bonds is 0. The van der Waals surface area contributed by atoms with E-state index in [2.05, 4.69) is 12.2 Å². The van der Waals surface area contributed by atoms with E-state index in [4.69, 9.17) is 0 Å². The lowest BCUT2D eigenvalue weighted by Crippen LogP contribution is -2.43. The van der Waals surface area contributed by atoms with E-state index in [1.54, 1.807) is 0 Å². The van der Waals surface area contributed by atoms with Crippen LogP contribution in [-0.2, 0) is 0 Å². The Morgan fingerprint density at radius 2 is 2.30 bits per heavy atom. The molecule has 56 valence electrons. The molecule has 0 aromatic heterocycles. The lowest BCUT2D eigenvalue weighted by molar-refractivity contribution is -0.0392. The zero-order chi connectivity index (χ0) is 7.03. The average Bonchev–Trinajstić information content (AvgIpc) is 2.04. The maximum absolute atomic E-state index is 9.47. The molecule has 1 spiro atoms. The van der Waals surface area contributed by atoms with Crippen molar-refractivity contribution in [1.29, 1.82) is 0 Å². The summed E-state index contributed by atoms with van der Waals surface area (Å²) in [5.41, 5.74) is 0.234. The number of hydrogen-bond donors (Lipinski definition) is 1. The second kappa shape index (κ2) is 2.09. The summed E-state index contributed by atoms with van der Waals surface area (Å²) in [5, 5.41) is 9.47. The molecule has 0 heterocycles. The number of hydrogen-bond acceptors (Lipinski definition) is 1. The summed E-state index contributed by atoms with van der Waals surface area (Å²) in [6.07, 6.45) is 10.4. The Kier molecular flexibility index (Phi) is 1.34. The van der Waals surface area contributed by atoms with E-state index in [0.29, 0.717) is 0 Å². The van der Waals surface area contributed by atoms with Crippen molar-refractivity contribution in [2.24, 2.45) is 5.41 Å². The van der Waals surface area contributed by atoms with Crippen LogP contribution in [0.4, 0.5) is 0 Å². The summed E-state index contributed by atoms with van der Waals surface area (Å²) >= 11 is 0. The number of aliphatic hydroxyl groups excluding tert-OH is 1. The van der Waals surface area contributed by atoms with Crippen LogP contribution in [0.2, 0.25) is 0 Å². The third-order valence-electron chi connectivity index (χ3n) is 3.01. The average molecular weight is 138 g/mol. The van der Waals surface area contributed by atoms with Crippen LogP contribution in [0, 0.1) is 5.41 Å². The smallest absolute Gasteiger partial charge is 0.0631 e. The fraction of sp³-hybridized carbons (Fsp3) is 0.778. The van der Waals surface area contributed by atoms with E-state index in [1.807, 2.05) is 0 Å². The van der Waals surface area contributed by atoms with Crippen molar-refractivity contribution in [3.8, 4) is 0 Å². The Morgan fingerprint density at radius 1 is 1.40 bits per heavy atom. The molecule has 1 heteroatoms. The van der Waals surface area contributed by atoms with Gasteiger partial charge in [0.05, 0.1) is 6.10 Å². The molecule has 0 amide bonds. The summed E-state index contributed by atoms with van der Waals surface area (Å²) in [6.45, 7) is 0. The van der Waals surface area contributed by atoms with Crippen LogP contribution in [0.1, 0.15) is 32.1 Å². The first-order valence-electron chi connectivity index (χ1n) is 4.19. The van der Waals surface area contributed by atoms with Crippen molar-refractivity contribution in [3.05, 3.63) is 12.2 Å². The Morgan fingerprint density at radius 3 is 2.60 bits per heavy atom. The van der Waals surface area contributed by atoms with Gasteiger partial charge in [-0.05, 0) is 32.1 Å². The highest BCUT2D eigenvalue weighted by molar-refractivity contribution is 5.12. The van der Waals surface area contributed by atoms with E-state index < -0.39 is 0 Å². The molecule has 0 saturated heterocycles. The normalized spacial score (nSPS) is 45.5. The number of allylic oxidation sites excluding steroid dienone is 1. The molecule has 1 N–H and O–H groups in total.